The predicted octanol–water partition coefficient (Wildman–Crippen LogP) is 4.73. The van der Waals surface area contributed by atoms with Crippen LogP contribution in [0.2, 0.25) is 0 Å². The zero-order valence-electron chi connectivity index (χ0n) is 13.8. The van der Waals surface area contributed by atoms with Crippen molar-refractivity contribution < 1.29 is 0 Å². The van der Waals surface area contributed by atoms with Gasteiger partial charge in [0.1, 0.15) is 0 Å². The summed E-state index contributed by atoms with van der Waals surface area (Å²) >= 11 is 5.18. The van der Waals surface area contributed by atoms with Crippen molar-refractivity contribution in [2.75, 3.05) is 6.54 Å². The Labute approximate surface area is 159 Å². The second-order valence-electron chi connectivity index (χ2n) is 5.22. The number of halogens is 1. The maximum absolute atomic E-state index is 4.79. The topological polar surface area (TPSA) is 42.5 Å². The molecule has 3 rings (SSSR count). The Morgan fingerprint density at radius 3 is 2.80 bits per heavy atom. The van der Waals surface area contributed by atoms with Crippen LogP contribution in [0.5, 0.6) is 0 Å². The summed E-state index contributed by atoms with van der Waals surface area (Å²) in [7, 11) is 0. The summed E-state index contributed by atoms with van der Waals surface area (Å²) in [5, 5.41) is 6.86. The molecule has 0 bridgehead atoms. The smallest absolute Gasteiger partial charge is 0.206 e. The zero-order chi connectivity index (χ0) is 17.6. The summed E-state index contributed by atoms with van der Waals surface area (Å²) in [6, 6.07) is 13.9. The van der Waals surface area contributed by atoms with Gasteiger partial charge in [0.15, 0.2) is 0 Å². The number of pyridine rings is 1. The van der Waals surface area contributed by atoms with Crippen LogP contribution < -0.4 is 4.80 Å². The SMILES string of the molecule is C=CCN=c1scc(-c2ccccc2Br)n1N=C(C)c1ccccn1. The molecule has 25 heavy (non-hydrogen) atoms. The summed E-state index contributed by atoms with van der Waals surface area (Å²) in [5.74, 6) is 0. The van der Waals surface area contributed by atoms with Gasteiger partial charge in [-0.2, -0.15) is 5.10 Å². The van der Waals surface area contributed by atoms with E-state index in [1.807, 2.05) is 48.0 Å². The molecular weight excluding hydrogens is 396 g/mol. The average molecular weight is 413 g/mol. The van der Waals surface area contributed by atoms with Gasteiger partial charge in [-0.05, 0) is 25.1 Å². The Morgan fingerprint density at radius 1 is 1.28 bits per heavy atom. The second-order valence-corrected chi connectivity index (χ2v) is 6.92. The van der Waals surface area contributed by atoms with Crippen molar-refractivity contribution in [3.63, 3.8) is 0 Å². The van der Waals surface area contributed by atoms with Crippen molar-refractivity contribution in [1.29, 1.82) is 0 Å². The van der Waals surface area contributed by atoms with Gasteiger partial charge in [0.25, 0.3) is 0 Å². The van der Waals surface area contributed by atoms with Crippen LogP contribution in [0.25, 0.3) is 11.3 Å². The fourth-order valence-electron chi connectivity index (χ4n) is 2.28. The van der Waals surface area contributed by atoms with Crippen molar-refractivity contribution >= 4 is 33.0 Å². The lowest BCUT2D eigenvalue weighted by atomic mass is 10.2. The van der Waals surface area contributed by atoms with E-state index in [4.69, 9.17) is 5.10 Å². The summed E-state index contributed by atoms with van der Waals surface area (Å²) in [5.41, 5.74) is 3.72. The molecule has 3 aromatic rings. The molecule has 0 fully saturated rings. The molecule has 0 aliphatic heterocycles. The van der Waals surface area contributed by atoms with Gasteiger partial charge in [0.05, 0.1) is 23.6 Å². The summed E-state index contributed by atoms with van der Waals surface area (Å²) < 4.78 is 2.89. The van der Waals surface area contributed by atoms with E-state index in [0.717, 1.165) is 31.9 Å². The molecule has 0 radical (unpaired) electrons. The molecule has 0 aliphatic rings. The third-order valence-corrected chi connectivity index (χ3v) is 5.02. The Kier molecular flexibility index (Phi) is 5.73. The normalized spacial score (nSPS) is 12.4. The third-order valence-electron chi connectivity index (χ3n) is 3.48. The summed E-state index contributed by atoms with van der Waals surface area (Å²) in [4.78, 5) is 9.76. The first kappa shape index (κ1) is 17.5. The van der Waals surface area contributed by atoms with Gasteiger partial charge >= 0.3 is 0 Å². The fourth-order valence-corrected chi connectivity index (χ4v) is 3.60. The molecule has 0 spiro atoms. The quantitative estimate of drug-likeness (QED) is 0.440. The molecule has 2 heterocycles. The van der Waals surface area contributed by atoms with Gasteiger partial charge in [0, 0.05) is 21.6 Å². The molecule has 0 saturated carbocycles. The van der Waals surface area contributed by atoms with Crippen LogP contribution in [0.3, 0.4) is 0 Å². The number of aromatic nitrogens is 2. The molecule has 126 valence electrons. The van der Waals surface area contributed by atoms with Crippen molar-refractivity contribution in [2.45, 2.75) is 6.92 Å². The standard InChI is InChI=1S/C19H17BrN4S/c1-3-11-22-19-24(23-14(2)17-10-6-7-12-21-17)18(13-25-19)15-8-4-5-9-16(15)20/h3-10,12-13H,1,11H2,2H3. The van der Waals surface area contributed by atoms with Crippen LogP contribution in [-0.4, -0.2) is 21.9 Å². The van der Waals surface area contributed by atoms with E-state index in [0.29, 0.717) is 6.54 Å². The van der Waals surface area contributed by atoms with Crippen molar-refractivity contribution in [2.24, 2.45) is 10.1 Å². The highest BCUT2D eigenvalue weighted by atomic mass is 79.9. The van der Waals surface area contributed by atoms with Crippen molar-refractivity contribution in [3.8, 4) is 11.3 Å². The van der Waals surface area contributed by atoms with Gasteiger partial charge in [-0.3, -0.25) is 9.98 Å². The molecule has 0 saturated heterocycles. The second kappa shape index (κ2) is 8.18. The maximum Gasteiger partial charge on any atom is 0.206 e. The van der Waals surface area contributed by atoms with Crippen LogP contribution >= 0.6 is 27.3 Å². The first-order valence-corrected chi connectivity index (χ1v) is 9.42. The largest absolute Gasteiger partial charge is 0.255 e. The number of rotatable bonds is 5. The molecular formula is C19H17BrN4S. The molecule has 6 heteroatoms. The number of benzene rings is 1. The van der Waals surface area contributed by atoms with Gasteiger partial charge < -0.3 is 0 Å². The number of hydrogen-bond acceptors (Lipinski definition) is 4. The van der Waals surface area contributed by atoms with Crippen LogP contribution in [-0.2, 0) is 0 Å². The lowest BCUT2D eigenvalue weighted by Gasteiger charge is -2.07. The van der Waals surface area contributed by atoms with E-state index in [9.17, 15) is 0 Å². The van der Waals surface area contributed by atoms with E-state index < -0.39 is 0 Å². The molecule has 0 atom stereocenters. The van der Waals surface area contributed by atoms with Gasteiger partial charge in [0.2, 0.25) is 4.80 Å². The maximum atomic E-state index is 4.79. The molecule has 4 nitrogen and oxygen atoms in total. The summed E-state index contributed by atoms with van der Waals surface area (Å²) in [6.07, 6.45) is 3.54. The molecule has 1 aromatic carbocycles. The zero-order valence-corrected chi connectivity index (χ0v) is 16.2. The Morgan fingerprint density at radius 2 is 2.08 bits per heavy atom. The van der Waals surface area contributed by atoms with E-state index in [2.05, 4.69) is 43.9 Å². The molecule has 0 unspecified atom stereocenters. The first-order chi connectivity index (χ1) is 12.2. The van der Waals surface area contributed by atoms with Crippen LogP contribution in [0, 0.1) is 0 Å². The Balaban J connectivity index is 2.18. The minimum atomic E-state index is 0.550. The van der Waals surface area contributed by atoms with Crippen molar-refractivity contribution in [1.82, 2.24) is 9.66 Å². The van der Waals surface area contributed by atoms with Gasteiger partial charge in [-0.1, -0.05) is 46.3 Å². The van der Waals surface area contributed by atoms with Crippen LogP contribution in [0.15, 0.2) is 81.3 Å². The number of nitrogens with zero attached hydrogens (tertiary/aromatic N) is 4. The predicted molar refractivity (Wildman–Crippen MR) is 108 cm³/mol. The average Bonchev–Trinajstić information content (AvgIpc) is 3.03. The van der Waals surface area contributed by atoms with Gasteiger partial charge in [-0.15, -0.1) is 17.9 Å². The molecule has 2 aromatic heterocycles. The van der Waals surface area contributed by atoms with Crippen LogP contribution in [0.1, 0.15) is 12.6 Å². The number of hydrogen-bond donors (Lipinski definition) is 0. The minimum Gasteiger partial charge on any atom is -0.255 e. The molecule has 0 amide bonds. The van der Waals surface area contributed by atoms with E-state index >= 15 is 0 Å². The minimum absolute atomic E-state index is 0.550. The van der Waals surface area contributed by atoms with Gasteiger partial charge in [-0.25, -0.2) is 4.68 Å². The van der Waals surface area contributed by atoms with E-state index in [-0.39, 0.29) is 0 Å². The van der Waals surface area contributed by atoms with Crippen molar-refractivity contribution in [3.05, 3.63) is 81.7 Å². The lowest BCUT2D eigenvalue weighted by molar-refractivity contribution is 0.833. The fraction of sp³-hybridized carbons (Fsp3) is 0.105. The lowest BCUT2D eigenvalue weighted by Crippen LogP contribution is -2.15. The number of thiazole rings is 1. The molecule has 0 N–H and O–H groups in total. The monoisotopic (exact) mass is 412 g/mol. The third kappa shape index (κ3) is 4.03. The highest BCUT2D eigenvalue weighted by Gasteiger charge is 2.11. The summed E-state index contributed by atoms with van der Waals surface area (Å²) in [6.45, 7) is 6.24. The van der Waals surface area contributed by atoms with E-state index in [1.165, 1.54) is 0 Å². The highest BCUT2D eigenvalue weighted by molar-refractivity contribution is 9.10. The molecule has 0 aliphatic carbocycles. The Bertz CT molecular complexity index is 970. The highest BCUT2D eigenvalue weighted by Crippen LogP contribution is 2.28. The first-order valence-electron chi connectivity index (χ1n) is 7.74. The van der Waals surface area contributed by atoms with Crippen LogP contribution in [0.4, 0.5) is 0 Å². The van der Waals surface area contributed by atoms with E-state index in [1.54, 1.807) is 23.6 Å². The Hall–Kier alpha value is -2.31.